The van der Waals surface area contributed by atoms with Crippen molar-refractivity contribution in [2.75, 3.05) is 4.72 Å². The highest BCUT2D eigenvalue weighted by atomic mass is 32.2. The predicted octanol–water partition coefficient (Wildman–Crippen LogP) is 3.21. The van der Waals surface area contributed by atoms with Gasteiger partial charge in [-0.1, -0.05) is 0 Å². The lowest BCUT2D eigenvalue weighted by atomic mass is 10.2. The van der Waals surface area contributed by atoms with Crippen LogP contribution in [0.4, 0.5) is 5.69 Å². The maximum atomic E-state index is 11.2. The van der Waals surface area contributed by atoms with E-state index in [1.165, 1.54) is 0 Å². The third-order valence-electron chi connectivity index (χ3n) is 4.58. The molecule has 1 atom stereocenters. The molecule has 5 rings (SSSR count). The normalized spacial score (nSPS) is 12.3. The molecule has 1 unspecified atom stereocenters. The van der Waals surface area contributed by atoms with Crippen LogP contribution in [0.25, 0.3) is 28.1 Å². The summed E-state index contributed by atoms with van der Waals surface area (Å²) in [5.41, 5.74) is 4.72. The number of imidazole rings is 1. The van der Waals surface area contributed by atoms with Gasteiger partial charge < -0.3 is 13.8 Å². The molecular weight excluding hydrogens is 388 g/mol. The Bertz CT molecular complexity index is 1310. The van der Waals surface area contributed by atoms with Crippen LogP contribution in [0.2, 0.25) is 0 Å². The van der Waals surface area contributed by atoms with E-state index in [0.717, 1.165) is 28.1 Å². The van der Waals surface area contributed by atoms with Gasteiger partial charge in [0.15, 0.2) is 0 Å². The van der Waals surface area contributed by atoms with Gasteiger partial charge in [0, 0.05) is 47.4 Å². The average Bonchev–Trinajstić information content (AvgIpc) is 3.48. The Hall–Kier alpha value is -3.69. The maximum Gasteiger partial charge on any atom is 0.100 e. The van der Waals surface area contributed by atoms with Crippen molar-refractivity contribution < 1.29 is 8.76 Å². The molecule has 0 bridgehead atoms. The lowest BCUT2D eigenvalue weighted by molar-refractivity contribution is 0.542. The third kappa shape index (κ3) is 3.33. The summed E-state index contributed by atoms with van der Waals surface area (Å²) in [6.07, 6.45) is 9.13. The molecule has 0 radical (unpaired) electrons. The van der Waals surface area contributed by atoms with Crippen LogP contribution in [0, 0.1) is 0 Å². The second-order valence-corrected chi connectivity index (χ2v) is 7.08. The average molecular weight is 403 g/mol. The van der Waals surface area contributed by atoms with Crippen LogP contribution in [0.3, 0.4) is 0 Å². The van der Waals surface area contributed by atoms with Crippen LogP contribution in [0.15, 0.2) is 85.7 Å². The van der Waals surface area contributed by atoms with E-state index in [4.69, 9.17) is 0 Å². The molecule has 144 valence electrons. The second-order valence-electron chi connectivity index (χ2n) is 6.40. The summed E-state index contributed by atoms with van der Waals surface area (Å²) >= 11 is -2.42. The molecule has 0 saturated heterocycles. The number of anilines is 1. The van der Waals surface area contributed by atoms with Crippen LogP contribution in [0.5, 0.6) is 0 Å². The van der Waals surface area contributed by atoms with Gasteiger partial charge in [0.1, 0.15) is 6.33 Å². The minimum Gasteiger partial charge on any atom is -0.755 e. The van der Waals surface area contributed by atoms with Gasteiger partial charge in [-0.2, -0.15) is 5.10 Å². The molecule has 8 nitrogen and oxygen atoms in total. The van der Waals surface area contributed by atoms with Crippen molar-refractivity contribution >= 4 is 28.0 Å². The molecule has 5 aromatic rings. The van der Waals surface area contributed by atoms with E-state index >= 15 is 0 Å². The summed E-state index contributed by atoms with van der Waals surface area (Å²) in [6, 6.07) is 17.1. The van der Waals surface area contributed by atoms with E-state index in [9.17, 15) is 8.76 Å². The van der Waals surface area contributed by atoms with Crippen molar-refractivity contribution in [3.63, 3.8) is 0 Å². The summed E-state index contributed by atoms with van der Waals surface area (Å²) in [5, 5.41) is 4.25. The van der Waals surface area contributed by atoms with Crippen molar-refractivity contribution in [1.82, 2.24) is 23.9 Å². The van der Waals surface area contributed by atoms with Gasteiger partial charge in [0.2, 0.25) is 0 Å². The van der Waals surface area contributed by atoms with Crippen LogP contribution in [-0.4, -0.2) is 32.7 Å². The zero-order valence-corrected chi connectivity index (χ0v) is 15.9. The maximum absolute atomic E-state index is 11.2. The molecule has 2 aromatic carbocycles. The monoisotopic (exact) mass is 403 g/mol. The zero-order valence-electron chi connectivity index (χ0n) is 15.0. The third-order valence-corrected chi connectivity index (χ3v) is 4.99. The smallest absolute Gasteiger partial charge is 0.100 e. The molecule has 3 heterocycles. The Kier molecular flexibility index (Phi) is 4.23. The molecule has 0 saturated carbocycles. The first kappa shape index (κ1) is 17.4. The summed E-state index contributed by atoms with van der Waals surface area (Å²) < 4.78 is 30.4. The van der Waals surface area contributed by atoms with Crippen molar-refractivity contribution in [3.05, 3.63) is 85.7 Å². The summed E-state index contributed by atoms with van der Waals surface area (Å²) in [6.45, 7) is 0. The summed E-state index contributed by atoms with van der Waals surface area (Å²) in [5.74, 6) is 0. The lowest BCUT2D eigenvalue weighted by Gasteiger charge is -2.14. The fourth-order valence-electron chi connectivity index (χ4n) is 3.32. The molecular formula is C20H15N6O2S-. The molecule has 1 N–H and O–H groups in total. The van der Waals surface area contributed by atoms with E-state index in [1.807, 2.05) is 70.2 Å². The van der Waals surface area contributed by atoms with Crippen molar-refractivity contribution in [3.8, 4) is 17.1 Å². The van der Waals surface area contributed by atoms with Gasteiger partial charge in [-0.05, 0) is 54.6 Å². The topological polar surface area (TPSA) is 92.7 Å². The quantitative estimate of drug-likeness (QED) is 0.456. The molecule has 0 spiro atoms. The Morgan fingerprint density at radius 1 is 0.931 bits per heavy atom. The van der Waals surface area contributed by atoms with Crippen LogP contribution in [-0.2, 0) is 11.3 Å². The lowest BCUT2D eigenvalue weighted by Crippen LogP contribution is -2.05. The van der Waals surface area contributed by atoms with E-state index < -0.39 is 11.3 Å². The summed E-state index contributed by atoms with van der Waals surface area (Å²) in [4.78, 5) is 4.52. The Morgan fingerprint density at radius 2 is 1.76 bits per heavy atom. The number of hydrogen-bond donors (Lipinski definition) is 1. The highest BCUT2D eigenvalue weighted by Gasteiger charge is 2.10. The van der Waals surface area contributed by atoms with Gasteiger partial charge in [-0.15, -0.1) is 0 Å². The minimum absolute atomic E-state index is 0.467. The Labute approximate surface area is 168 Å². The number of rotatable bonds is 5. The zero-order chi connectivity index (χ0) is 19.8. The van der Waals surface area contributed by atoms with Gasteiger partial charge in [-0.25, -0.2) is 9.67 Å². The first-order valence-corrected chi connectivity index (χ1v) is 9.87. The predicted molar refractivity (Wildman–Crippen MR) is 110 cm³/mol. The largest absolute Gasteiger partial charge is 0.755 e. The molecule has 0 aliphatic rings. The van der Waals surface area contributed by atoms with Gasteiger partial charge >= 0.3 is 0 Å². The number of hydrogen-bond acceptors (Lipinski definition) is 4. The van der Waals surface area contributed by atoms with E-state index in [2.05, 4.69) is 14.8 Å². The van der Waals surface area contributed by atoms with Crippen molar-refractivity contribution in [1.29, 1.82) is 0 Å². The highest BCUT2D eigenvalue weighted by molar-refractivity contribution is 7.80. The first-order chi connectivity index (χ1) is 14.2. The van der Waals surface area contributed by atoms with Gasteiger partial charge in [0.25, 0.3) is 0 Å². The van der Waals surface area contributed by atoms with E-state index in [0.29, 0.717) is 5.69 Å². The van der Waals surface area contributed by atoms with Gasteiger partial charge in [-0.3, -0.25) is 8.78 Å². The SMILES string of the molecule is O=S([O-])Nc1cc(-n2cccc2)cc(-n2cnc3cc(-n4cccn4)ccc32)c1. The Morgan fingerprint density at radius 3 is 2.52 bits per heavy atom. The molecule has 3 aromatic heterocycles. The second kappa shape index (κ2) is 7.04. The fourth-order valence-corrected chi connectivity index (χ4v) is 3.63. The minimum atomic E-state index is -2.42. The number of benzene rings is 2. The standard InChI is InChI=1S/C20H16N6O2S/c27-29(28)23-15-10-17(24-7-1-2-8-24)12-18(11-15)25-14-21-19-13-16(4-5-20(19)25)26-9-3-6-22-26/h1-14,23H,(H,27,28)/p-1. The summed E-state index contributed by atoms with van der Waals surface area (Å²) in [7, 11) is 0. The van der Waals surface area contributed by atoms with Crippen LogP contribution < -0.4 is 4.72 Å². The van der Waals surface area contributed by atoms with Crippen LogP contribution in [0.1, 0.15) is 0 Å². The van der Waals surface area contributed by atoms with Crippen molar-refractivity contribution in [2.24, 2.45) is 0 Å². The molecule has 0 aliphatic carbocycles. The molecule has 29 heavy (non-hydrogen) atoms. The molecule has 0 aliphatic heterocycles. The van der Waals surface area contributed by atoms with Gasteiger partial charge in [0.05, 0.1) is 22.4 Å². The van der Waals surface area contributed by atoms with E-state index in [1.54, 1.807) is 29.3 Å². The van der Waals surface area contributed by atoms with Crippen LogP contribution >= 0.6 is 0 Å². The van der Waals surface area contributed by atoms with E-state index in [-0.39, 0.29) is 0 Å². The number of nitrogens with zero attached hydrogens (tertiary/aromatic N) is 5. The van der Waals surface area contributed by atoms with Crippen molar-refractivity contribution in [2.45, 2.75) is 0 Å². The first-order valence-electron chi connectivity index (χ1n) is 8.79. The Balaban J connectivity index is 1.63. The number of nitrogens with one attached hydrogen (secondary N) is 1. The number of fused-ring (bicyclic) bond motifs is 1. The highest BCUT2D eigenvalue weighted by Crippen LogP contribution is 2.26. The number of aromatic nitrogens is 5. The molecule has 0 amide bonds. The molecule has 0 fully saturated rings. The fraction of sp³-hybridized carbons (Fsp3) is 0. The molecule has 9 heteroatoms.